The van der Waals surface area contributed by atoms with E-state index in [4.69, 9.17) is 28.4 Å². The fraction of sp³-hybridized carbons (Fsp3) is 0.419. The van der Waals surface area contributed by atoms with Crippen molar-refractivity contribution in [1.29, 1.82) is 0 Å². The van der Waals surface area contributed by atoms with Gasteiger partial charge in [0.15, 0.2) is 40.6 Å². The van der Waals surface area contributed by atoms with E-state index < -0.39 is 30.8 Å². The highest BCUT2D eigenvalue weighted by Crippen LogP contribution is 2.53. The smallest absolute Gasteiger partial charge is 0.204 e. The molecule has 0 radical (unpaired) electrons. The van der Waals surface area contributed by atoms with Gasteiger partial charge in [-0.2, -0.15) is 0 Å². The van der Waals surface area contributed by atoms with Crippen LogP contribution in [0.3, 0.4) is 0 Å². The van der Waals surface area contributed by atoms with Gasteiger partial charge in [0.25, 0.3) is 0 Å². The number of aliphatic hydroxyl groups is 4. The van der Waals surface area contributed by atoms with Crippen LogP contribution in [-0.2, 0) is 6.42 Å². The highest BCUT2D eigenvalue weighted by atomic mass is 16.6. The van der Waals surface area contributed by atoms with E-state index in [1.54, 1.807) is 19.2 Å². The molecule has 11 heteroatoms. The van der Waals surface area contributed by atoms with Gasteiger partial charge in [-0.3, -0.25) is 0 Å². The van der Waals surface area contributed by atoms with Crippen LogP contribution in [0, 0.1) is 0 Å². The Morgan fingerprint density at radius 2 is 1.50 bits per heavy atom. The molecule has 0 fully saturated rings. The summed E-state index contributed by atoms with van der Waals surface area (Å²) in [5.41, 5.74) is 2.74. The number of fused-ring (bicyclic) bond motifs is 1. The SMILES string of the molecule is COc1cc([C@H](O)[C@H](CO)Oc2c(OC)cc([C@@H]3Oc4c(OC)cc(CCCO)cc4[C@@H]3CO)cc2OC)ccc1O. The summed E-state index contributed by atoms with van der Waals surface area (Å²) in [6.07, 6.45) is -1.81. The maximum atomic E-state index is 11.0. The molecule has 5 N–H and O–H groups in total. The molecule has 0 spiro atoms. The molecule has 0 aromatic heterocycles. The molecule has 11 nitrogen and oxygen atoms in total. The van der Waals surface area contributed by atoms with Crippen molar-refractivity contribution in [1.82, 2.24) is 0 Å². The standard InChI is InChI=1S/C31H38O11/c1-37-23-12-18(7-8-22(23)35)28(36)27(16-34)41-31-25(39-3)13-19(14-26(31)40-4)29-21(15-33)20-10-17(6-5-9-32)11-24(38-2)30(20)42-29/h7-8,10-14,21,27-29,32-36H,5-6,9,15-16H2,1-4H3/t21-,27-,28-,29-/m0/s1. The van der Waals surface area contributed by atoms with Crippen LogP contribution in [0.4, 0.5) is 0 Å². The lowest BCUT2D eigenvalue weighted by Crippen LogP contribution is -2.29. The van der Waals surface area contributed by atoms with Crippen LogP contribution in [0.2, 0.25) is 0 Å². The maximum Gasteiger partial charge on any atom is 0.204 e. The normalized spacial score (nSPS) is 17.1. The van der Waals surface area contributed by atoms with Crippen LogP contribution in [0.15, 0.2) is 42.5 Å². The third-order valence-electron chi connectivity index (χ3n) is 7.35. The molecule has 4 atom stereocenters. The molecule has 0 bridgehead atoms. The van der Waals surface area contributed by atoms with E-state index in [0.717, 1.165) is 11.1 Å². The molecule has 3 aromatic carbocycles. The van der Waals surface area contributed by atoms with E-state index in [-0.39, 0.29) is 42.0 Å². The van der Waals surface area contributed by atoms with Gasteiger partial charge in [-0.25, -0.2) is 0 Å². The predicted octanol–water partition coefficient (Wildman–Crippen LogP) is 3.03. The van der Waals surface area contributed by atoms with Gasteiger partial charge in [-0.05, 0) is 54.3 Å². The second-order valence-corrected chi connectivity index (χ2v) is 9.84. The number of aromatic hydroxyl groups is 1. The monoisotopic (exact) mass is 586 g/mol. The van der Waals surface area contributed by atoms with Crippen molar-refractivity contribution < 1.29 is 54.0 Å². The topological polar surface area (TPSA) is 157 Å². The molecule has 0 aliphatic carbocycles. The second kappa shape index (κ2) is 13.8. The average Bonchev–Trinajstić information content (AvgIpc) is 3.40. The summed E-state index contributed by atoms with van der Waals surface area (Å²) in [7, 11) is 5.84. The van der Waals surface area contributed by atoms with E-state index in [1.807, 2.05) is 12.1 Å². The zero-order valence-electron chi connectivity index (χ0n) is 24.1. The summed E-state index contributed by atoms with van der Waals surface area (Å²) in [5.74, 6) is 1.36. The van der Waals surface area contributed by atoms with Crippen LogP contribution in [-0.4, -0.2) is 79.9 Å². The molecule has 1 aliphatic rings. The first kappa shape index (κ1) is 31.0. The van der Waals surface area contributed by atoms with Gasteiger partial charge >= 0.3 is 0 Å². The lowest BCUT2D eigenvalue weighted by Gasteiger charge is -2.26. The molecule has 4 rings (SSSR count). The first-order valence-electron chi connectivity index (χ1n) is 13.5. The Hall–Kier alpha value is -3.90. The minimum atomic E-state index is -1.29. The number of methoxy groups -OCH3 is 4. The summed E-state index contributed by atoms with van der Waals surface area (Å²) >= 11 is 0. The summed E-state index contributed by atoms with van der Waals surface area (Å²) in [6.45, 7) is -0.695. The van der Waals surface area contributed by atoms with Gasteiger partial charge < -0.3 is 54.0 Å². The van der Waals surface area contributed by atoms with Gasteiger partial charge in [0.2, 0.25) is 5.75 Å². The van der Waals surface area contributed by atoms with Crippen molar-refractivity contribution >= 4 is 0 Å². The molecule has 0 amide bonds. The van der Waals surface area contributed by atoms with E-state index in [9.17, 15) is 25.5 Å². The number of rotatable bonds is 14. The maximum absolute atomic E-state index is 11.0. The molecule has 0 saturated heterocycles. The van der Waals surface area contributed by atoms with Crippen molar-refractivity contribution in [3.8, 4) is 40.2 Å². The van der Waals surface area contributed by atoms with Gasteiger partial charge in [-0.1, -0.05) is 12.1 Å². The Morgan fingerprint density at radius 1 is 0.833 bits per heavy atom. The van der Waals surface area contributed by atoms with Crippen LogP contribution in [0.1, 0.15) is 46.8 Å². The summed E-state index contributed by atoms with van der Waals surface area (Å²) in [6, 6.07) is 11.6. The van der Waals surface area contributed by atoms with E-state index in [2.05, 4.69) is 0 Å². The van der Waals surface area contributed by atoms with Crippen LogP contribution in [0.5, 0.6) is 40.2 Å². The van der Waals surface area contributed by atoms with Crippen LogP contribution < -0.4 is 28.4 Å². The van der Waals surface area contributed by atoms with Gasteiger partial charge in [0.1, 0.15) is 12.2 Å². The number of hydrogen-bond donors (Lipinski definition) is 5. The van der Waals surface area contributed by atoms with Crippen molar-refractivity contribution in [2.45, 2.75) is 37.1 Å². The van der Waals surface area contributed by atoms with E-state index in [0.29, 0.717) is 35.5 Å². The Balaban J connectivity index is 1.68. The van der Waals surface area contributed by atoms with Crippen molar-refractivity contribution in [2.75, 3.05) is 48.3 Å². The van der Waals surface area contributed by atoms with Crippen molar-refractivity contribution in [2.24, 2.45) is 0 Å². The number of phenolic OH excluding ortho intramolecular Hbond substituents is 1. The Labute approximate surface area is 244 Å². The first-order valence-corrected chi connectivity index (χ1v) is 13.5. The minimum Gasteiger partial charge on any atom is -0.504 e. The zero-order valence-corrected chi connectivity index (χ0v) is 24.1. The van der Waals surface area contributed by atoms with Crippen LogP contribution in [0.25, 0.3) is 0 Å². The highest BCUT2D eigenvalue weighted by molar-refractivity contribution is 5.58. The third kappa shape index (κ3) is 6.14. The fourth-order valence-corrected chi connectivity index (χ4v) is 5.16. The number of aryl methyl sites for hydroxylation is 1. The molecular formula is C31H38O11. The number of hydrogen-bond acceptors (Lipinski definition) is 11. The Kier molecular flexibility index (Phi) is 10.2. The number of ether oxygens (including phenoxy) is 6. The molecule has 42 heavy (non-hydrogen) atoms. The van der Waals surface area contributed by atoms with E-state index >= 15 is 0 Å². The number of aliphatic hydroxyl groups excluding tert-OH is 4. The zero-order chi connectivity index (χ0) is 30.4. The van der Waals surface area contributed by atoms with Crippen LogP contribution >= 0.6 is 0 Å². The second-order valence-electron chi connectivity index (χ2n) is 9.84. The van der Waals surface area contributed by atoms with Gasteiger partial charge in [-0.15, -0.1) is 0 Å². The summed E-state index contributed by atoms with van der Waals surface area (Å²) < 4.78 is 34.4. The van der Waals surface area contributed by atoms with Gasteiger partial charge in [0, 0.05) is 17.7 Å². The largest absolute Gasteiger partial charge is 0.504 e. The highest BCUT2D eigenvalue weighted by Gasteiger charge is 2.39. The predicted molar refractivity (Wildman–Crippen MR) is 152 cm³/mol. The molecule has 1 heterocycles. The number of phenols is 1. The Bertz CT molecular complexity index is 1330. The summed E-state index contributed by atoms with van der Waals surface area (Å²) in [4.78, 5) is 0. The molecule has 3 aromatic rings. The van der Waals surface area contributed by atoms with Crippen molar-refractivity contribution in [3.05, 3.63) is 64.7 Å². The molecule has 0 saturated carbocycles. The number of benzene rings is 3. The molecular weight excluding hydrogens is 548 g/mol. The molecule has 1 aliphatic heterocycles. The Morgan fingerprint density at radius 3 is 2.07 bits per heavy atom. The fourth-order valence-electron chi connectivity index (χ4n) is 5.16. The average molecular weight is 587 g/mol. The summed E-state index contributed by atoms with van der Waals surface area (Å²) in [5, 5.41) is 50.8. The lowest BCUT2D eigenvalue weighted by molar-refractivity contribution is -0.00180. The molecule has 0 unspecified atom stereocenters. The van der Waals surface area contributed by atoms with Gasteiger partial charge in [0.05, 0.1) is 47.6 Å². The quantitative estimate of drug-likeness (QED) is 0.189. The van der Waals surface area contributed by atoms with Crippen molar-refractivity contribution in [3.63, 3.8) is 0 Å². The lowest BCUT2D eigenvalue weighted by atomic mass is 9.90. The third-order valence-corrected chi connectivity index (χ3v) is 7.35. The molecule has 228 valence electrons. The minimum absolute atomic E-state index is 0.0628. The first-order chi connectivity index (χ1) is 20.3. The van der Waals surface area contributed by atoms with E-state index in [1.165, 1.54) is 39.5 Å².